The highest BCUT2D eigenvalue weighted by molar-refractivity contribution is 6.12. The maximum Gasteiger partial charge on any atom is 0.247 e. The molecule has 0 aliphatic carbocycles. The van der Waals surface area contributed by atoms with Gasteiger partial charge in [-0.25, -0.2) is 0 Å². The maximum atomic E-state index is 12.6. The summed E-state index contributed by atoms with van der Waals surface area (Å²) < 4.78 is 10.9. The van der Waals surface area contributed by atoms with Crippen LogP contribution in [0.3, 0.4) is 0 Å². The zero-order chi connectivity index (χ0) is 17.7. The lowest BCUT2D eigenvalue weighted by atomic mass is 9.97. The Hall–Kier alpha value is -2.55. The van der Waals surface area contributed by atoms with Crippen LogP contribution in [-0.2, 0) is 4.79 Å². The molecule has 6 heteroatoms. The van der Waals surface area contributed by atoms with E-state index in [1.165, 1.54) is 13.2 Å². The van der Waals surface area contributed by atoms with Gasteiger partial charge in [-0.15, -0.1) is 0 Å². The largest absolute Gasteiger partial charge is 0.493 e. The van der Waals surface area contributed by atoms with E-state index in [0.29, 0.717) is 24.6 Å². The van der Waals surface area contributed by atoms with Gasteiger partial charge < -0.3 is 14.4 Å². The first-order valence-electron chi connectivity index (χ1n) is 8.05. The Kier molecular flexibility index (Phi) is 5.80. The van der Waals surface area contributed by atoms with E-state index in [4.69, 9.17) is 9.47 Å². The quantitative estimate of drug-likeness (QED) is 0.591. The van der Waals surface area contributed by atoms with Gasteiger partial charge in [-0.05, 0) is 44.9 Å². The molecule has 2 rings (SSSR count). The summed E-state index contributed by atoms with van der Waals surface area (Å²) in [7, 11) is 1.48. The third kappa shape index (κ3) is 3.85. The van der Waals surface area contributed by atoms with Crippen LogP contribution in [0.4, 0.5) is 0 Å². The van der Waals surface area contributed by atoms with Crippen molar-refractivity contribution in [2.75, 3.05) is 20.2 Å². The second-order valence-electron chi connectivity index (χ2n) is 5.99. The summed E-state index contributed by atoms with van der Waals surface area (Å²) >= 11 is 0. The van der Waals surface area contributed by atoms with Crippen molar-refractivity contribution >= 4 is 11.7 Å². The van der Waals surface area contributed by atoms with Gasteiger partial charge in [-0.3, -0.25) is 9.59 Å². The third-order valence-corrected chi connectivity index (χ3v) is 3.87. The van der Waals surface area contributed by atoms with Crippen molar-refractivity contribution in [2.24, 2.45) is 5.92 Å². The molecule has 1 fully saturated rings. The lowest BCUT2D eigenvalue weighted by Gasteiger charge is -2.18. The lowest BCUT2D eigenvalue weighted by molar-refractivity contribution is -0.131. The summed E-state index contributed by atoms with van der Waals surface area (Å²) in [6.45, 7) is 4.99. The summed E-state index contributed by atoms with van der Waals surface area (Å²) in [6, 6.07) is 6.55. The molecule has 1 amide bonds. The van der Waals surface area contributed by atoms with Gasteiger partial charge in [0.15, 0.2) is 23.2 Å². The molecular formula is C18H22N2O4. The minimum atomic E-state index is -1.32. The van der Waals surface area contributed by atoms with Crippen LogP contribution in [0.2, 0.25) is 0 Å². The van der Waals surface area contributed by atoms with Crippen LogP contribution in [-0.4, -0.2) is 42.9 Å². The number of ketones is 1. The van der Waals surface area contributed by atoms with E-state index in [1.807, 2.05) is 19.9 Å². The number of hydrogen-bond acceptors (Lipinski definition) is 5. The fourth-order valence-corrected chi connectivity index (χ4v) is 2.68. The number of carbonyl (C=O) groups excluding carboxylic acids is 2. The number of nitrogens with zero attached hydrogens (tertiary/aromatic N) is 2. The molecule has 1 saturated heterocycles. The molecule has 0 saturated carbocycles. The molecule has 128 valence electrons. The summed E-state index contributed by atoms with van der Waals surface area (Å²) in [4.78, 5) is 26.6. The molecule has 0 radical (unpaired) electrons. The number of Topliss-reactive ketones (excluding diaryl/α,β-unsaturated/α-hetero) is 1. The Labute approximate surface area is 142 Å². The van der Waals surface area contributed by atoms with Crippen LogP contribution in [0.1, 0.15) is 37.0 Å². The second-order valence-corrected chi connectivity index (χ2v) is 5.99. The van der Waals surface area contributed by atoms with Crippen LogP contribution in [0.15, 0.2) is 18.2 Å². The molecule has 1 aliphatic heterocycles. The first-order chi connectivity index (χ1) is 11.5. The highest BCUT2D eigenvalue weighted by atomic mass is 16.5. The Morgan fingerprint density at radius 3 is 2.42 bits per heavy atom. The molecule has 1 aliphatic rings. The lowest BCUT2D eigenvalue weighted by Crippen LogP contribution is -2.37. The summed E-state index contributed by atoms with van der Waals surface area (Å²) in [5, 5.41) is 9.31. The zero-order valence-corrected chi connectivity index (χ0v) is 14.2. The Morgan fingerprint density at radius 1 is 1.21 bits per heavy atom. The van der Waals surface area contributed by atoms with Gasteiger partial charge >= 0.3 is 0 Å². The first kappa shape index (κ1) is 17.8. The fraction of sp³-hybridized carbons (Fsp3) is 0.500. The molecule has 0 N–H and O–H groups in total. The minimum absolute atomic E-state index is 0.0379. The molecule has 0 spiro atoms. The van der Waals surface area contributed by atoms with Crippen molar-refractivity contribution in [2.45, 2.75) is 32.8 Å². The van der Waals surface area contributed by atoms with Crippen LogP contribution < -0.4 is 9.47 Å². The highest BCUT2D eigenvalue weighted by Gasteiger charge is 2.33. The molecule has 1 atom stereocenters. The van der Waals surface area contributed by atoms with E-state index >= 15 is 0 Å². The van der Waals surface area contributed by atoms with Crippen molar-refractivity contribution in [1.29, 1.82) is 5.26 Å². The first-order valence-corrected chi connectivity index (χ1v) is 8.05. The van der Waals surface area contributed by atoms with Crippen molar-refractivity contribution in [1.82, 2.24) is 4.90 Å². The molecule has 1 aromatic carbocycles. The van der Waals surface area contributed by atoms with Crippen LogP contribution >= 0.6 is 0 Å². The molecule has 6 nitrogen and oxygen atoms in total. The average Bonchev–Trinajstić information content (AvgIpc) is 3.09. The number of methoxy groups -OCH3 is 1. The van der Waals surface area contributed by atoms with Crippen molar-refractivity contribution in [3.63, 3.8) is 0 Å². The number of rotatable bonds is 6. The molecule has 0 bridgehead atoms. The minimum Gasteiger partial charge on any atom is -0.493 e. The second kappa shape index (κ2) is 7.82. The van der Waals surface area contributed by atoms with Gasteiger partial charge in [0.25, 0.3) is 0 Å². The number of benzene rings is 1. The van der Waals surface area contributed by atoms with E-state index in [-0.39, 0.29) is 11.7 Å². The topological polar surface area (TPSA) is 79.6 Å². The van der Waals surface area contributed by atoms with Gasteiger partial charge in [0, 0.05) is 18.7 Å². The zero-order valence-electron chi connectivity index (χ0n) is 14.2. The molecule has 0 aromatic heterocycles. The van der Waals surface area contributed by atoms with Gasteiger partial charge in [0.1, 0.15) is 0 Å². The number of likely N-dealkylation sites (tertiary alicyclic amines) is 1. The molecule has 1 heterocycles. The number of carbonyl (C=O) groups is 2. The van der Waals surface area contributed by atoms with Crippen LogP contribution in [0.25, 0.3) is 0 Å². The van der Waals surface area contributed by atoms with Crippen molar-refractivity contribution in [3.8, 4) is 17.6 Å². The summed E-state index contributed by atoms with van der Waals surface area (Å²) in [6.07, 6.45) is 1.78. The highest BCUT2D eigenvalue weighted by Crippen LogP contribution is 2.30. The summed E-state index contributed by atoms with van der Waals surface area (Å²) in [5.41, 5.74) is 0.266. The Morgan fingerprint density at radius 2 is 1.88 bits per heavy atom. The Balaban J connectivity index is 2.24. The predicted octanol–water partition coefficient (Wildman–Crippen LogP) is 2.43. The van der Waals surface area contributed by atoms with E-state index in [0.717, 1.165) is 12.8 Å². The van der Waals surface area contributed by atoms with Gasteiger partial charge in [-0.1, -0.05) is 0 Å². The monoisotopic (exact) mass is 330 g/mol. The van der Waals surface area contributed by atoms with Gasteiger partial charge in [-0.2, -0.15) is 5.26 Å². The predicted molar refractivity (Wildman–Crippen MR) is 88.0 cm³/mol. The number of amides is 1. The Bertz CT molecular complexity index is 657. The van der Waals surface area contributed by atoms with E-state index < -0.39 is 17.6 Å². The SMILES string of the molecule is COc1cc(C(=O)C(C#N)C(=O)N2CCCC2)ccc1OC(C)C. The molecule has 1 aromatic rings. The normalized spacial score (nSPS) is 15.0. The van der Waals surface area contributed by atoms with Gasteiger partial charge in [0.05, 0.1) is 19.3 Å². The fourth-order valence-electron chi connectivity index (χ4n) is 2.68. The number of ether oxygens (including phenoxy) is 2. The molecule has 24 heavy (non-hydrogen) atoms. The van der Waals surface area contributed by atoms with E-state index in [9.17, 15) is 14.9 Å². The van der Waals surface area contributed by atoms with Crippen molar-refractivity contribution in [3.05, 3.63) is 23.8 Å². The average molecular weight is 330 g/mol. The van der Waals surface area contributed by atoms with E-state index in [2.05, 4.69) is 0 Å². The smallest absolute Gasteiger partial charge is 0.247 e. The number of nitriles is 1. The third-order valence-electron chi connectivity index (χ3n) is 3.87. The van der Waals surface area contributed by atoms with Crippen molar-refractivity contribution < 1.29 is 19.1 Å². The van der Waals surface area contributed by atoms with E-state index in [1.54, 1.807) is 17.0 Å². The molecule has 1 unspecified atom stereocenters. The van der Waals surface area contributed by atoms with Crippen LogP contribution in [0.5, 0.6) is 11.5 Å². The van der Waals surface area contributed by atoms with Crippen LogP contribution in [0, 0.1) is 17.2 Å². The van der Waals surface area contributed by atoms with Gasteiger partial charge in [0.2, 0.25) is 5.91 Å². The number of hydrogen-bond donors (Lipinski definition) is 0. The summed E-state index contributed by atoms with van der Waals surface area (Å²) in [5.74, 6) is -1.32. The maximum absolute atomic E-state index is 12.6. The standard InChI is InChI=1S/C18H22N2O4/c1-12(2)24-15-7-6-13(10-16(15)23-3)17(21)14(11-19)18(22)20-8-4-5-9-20/h6-7,10,12,14H,4-5,8-9H2,1-3H3. The molecular weight excluding hydrogens is 308 g/mol.